The Morgan fingerprint density at radius 3 is 2.28 bits per heavy atom. The minimum absolute atomic E-state index is 0.153. The summed E-state index contributed by atoms with van der Waals surface area (Å²) < 4.78 is 5.31. The predicted molar refractivity (Wildman–Crippen MR) is 126 cm³/mol. The van der Waals surface area contributed by atoms with Gasteiger partial charge in [-0.25, -0.2) is 4.79 Å². The lowest BCUT2D eigenvalue weighted by Gasteiger charge is -2.33. The number of rotatable bonds is 10. The van der Waals surface area contributed by atoms with Gasteiger partial charge in [-0.15, -0.1) is 0 Å². The zero-order valence-electron chi connectivity index (χ0n) is 19.7. The van der Waals surface area contributed by atoms with Crippen molar-refractivity contribution in [2.45, 2.75) is 64.8 Å². The Bertz CT molecular complexity index is 802. The van der Waals surface area contributed by atoms with Gasteiger partial charge in [0.05, 0.1) is 6.07 Å². The number of nitrogens with one attached hydrogen (secondary N) is 2. The van der Waals surface area contributed by atoms with Crippen LogP contribution < -0.4 is 10.6 Å². The summed E-state index contributed by atoms with van der Waals surface area (Å²) in [5.41, 5.74) is -0.150. The van der Waals surface area contributed by atoms with Crippen molar-refractivity contribution in [1.29, 1.82) is 5.26 Å². The van der Waals surface area contributed by atoms with Gasteiger partial charge in [-0.1, -0.05) is 30.3 Å². The number of amides is 3. The molecule has 9 heteroatoms. The maximum atomic E-state index is 13.6. The summed E-state index contributed by atoms with van der Waals surface area (Å²) in [6, 6.07) is 8.70. The van der Waals surface area contributed by atoms with Crippen LogP contribution >= 0.6 is 11.8 Å². The highest BCUT2D eigenvalue weighted by Crippen LogP contribution is 2.23. The highest BCUT2D eigenvalue weighted by atomic mass is 32.2. The Labute approximate surface area is 195 Å². The Kier molecular flexibility index (Phi) is 11.1. The number of carbonyl (C=O) groups excluding carboxylic acids is 3. The molecule has 3 amide bonds. The lowest BCUT2D eigenvalue weighted by molar-refractivity contribution is -0.142. The Balaban J connectivity index is 3.32. The van der Waals surface area contributed by atoms with Crippen molar-refractivity contribution in [3.8, 4) is 6.07 Å². The van der Waals surface area contributed by atoms with Crippen molar-refractivity contribution >= 4 is 29.7 Å². The number of thioether (sulfide) groups is 1. The number of benzene rings is 1. The summed E-state index contributed by atoms with van der Waals surface area (Å²) in [6.07, 6.45) is 1.50. The second kappa shape index (κ2) is 13.0. The topological polar surface area (TPSA) is 112 Å². The molecule has 1 rings (SSSR count). The molecular weight excluding hydrogens is 428 g/mol. The second-order valence-electron chi connectivity index (χ2n) is 8.58. The van der Waals surface area contributed by atoms with Gasteiger partial charge in [0.1, 0.15) is 24.2 Å². The first kappa shape index (κ1) is 27.3. The van der Waals surface area contributed by atoms with Crippen LogP contribution in [0.25, 0.3) is 0 Å². The first-order valence-corrected chi connectivity index (χ1v) is 11.9. The minimum Gasteiger partial charge on any atom is -0.444 e. The van der Waals surface area contributed by atoms with Crippen molar-refractivity contribution < 1.29 is 19.1 Å². The molecule has 0 saturated heterocycles. The Morgan fingerprint density at radius 1 is 1.16 bits per heavy atom. The van der Waals surface area contributed by atoms with Crippen LogP contribution in [-0.4, -0.2) is 59.0 Å². The van der Waals surface area contributed by atoms with Crippen molar-refractivity contribution in [2.75, 3.05) is 18.6 Å². The number of ether oxygens (including phenoxy) is 1. The number of carbonyl (C=O) groups is 3. The fraction of sp³-hybridized carbons (Fsp3) is 0.565. The van der Waals surface area contributed by atoms with E-state index in [1.165, 1.54) is 16.7 Å². The van der Waals surface area contributed by atoms with Crippen molar-refractivity contribution in [3.63, 3.8) is 0 Å². The summed E-state index contributed by atoms with van der Waals surface area (Å²) in [5.74, 6) is -0.309. The molecule has 0 aliphatic carbocycles. The van der Waals surface area contributed by atoms with Crippen LogP contribution in [0.2, 0.25) is 0 Å². The van der Waals surface area contributed by atoms with Crippen LogP contribution in [0.1, 0.15) is 52.6 Å². The van der Waals surface area contributed by atoms with E-state index >= 15 is 0 Å². The molecule has 2 N–H and O–H groups in total. The molecule has 0 fully saturated rings. The molecule has 0 heterocycles. The molecule has 0 radical (unpaired) electrons. The van der Waals surface area contributed by atoms with Gasteiger partial charge in [-0.2, -0.15) is 17.0 Å². The van der Waals surface area contributed by atoms with E-state index in [9.17, 15) is 19.6 Å². The molecule has 0 bridgehead atoms. The maximum Gasteiger partial charge on any atom is 0.408 e. The fourth-order valence-corrected chi connectivity index (χ4v) is 3.46. The third-order valence-electron chi connectivity index (χ3n) is 4.23. The summed E-state index contributed by atoms with van der Waals surface area (Å²) in [5, 5.41) is 14.9. The van der Waals surface area contributed by atoms with Crippen LogP contribution in [0, 0.1) is 11.3 Å². The van der Waals surface area contributed by atoms with Gasteiger partial charge in [0.25, 0.3) is 0 Å². The van der Waals surface area contributed by atoms with Gasteiger partial charge in [0, 0.05) is 6.04 Å². The second-order valence-corrected chi connectivity index (χ2v) is 9.57. The molecule has 0 spiro atoms. The average Bonchev–Trinajstić information content (AvgIpc) is 2.69. The van der Waals surface area contributed by atoms with Gasteiger partial charge in [0.15, 0.2) is 0 Å². The average molecular weight is 463 g/mol. The lowest BCUT2D eigenvalue weighted by Crippen LogP contribution is -2.53. The van der Waals surface area contributed by atoms with Crippen molar-refractivity contribution in [3.05, 3.63) is 35.9 Å². The molecule has 1 aromatic rings. The summed E-state index contributed by atoms with van der Waals surface area (Å²) in [7, 11) is 0. The lowest BCUT2D eigenvalue weighted by atomic mass is 10.0. The number of alkyl carbamates (subject to hydrolysis) is 1. The van der Waals surface area contributed by atoms with Gasteiger partial charge >= 0.3 is 6.09 Å². The zero-order valence-corrected chi connectivity index (χ0v) is 20.5. The molecular formula is C23H34N4O4S. The Hall–Kier alpha value is -2.73. The zero-order chi connectivity index (χ0) is 24.3. The fourth-order valence-electron chi connectivity index (χ4n) is 2.99. The van der Waals surface area contributed by atoms with Crippen molar-refractivity contribution in [1.82, 2.24) is 15.5 Å². The van der Waals surface area contributed by atoms with E-state index in [-0.39, 0.29) is 12.6 Å². The van der Waals surface area contributed by atoms with E-state index in [2.05, 4.69) is 10.6 Å². The molecule has 0 aromatic heterocycles. The molecule has 2 atom stereocenters. The third-order valence-corrected chi connectivity index (χ3v) is 4.87. The van der Waals surface area contributed by atoms with E-state index in [4.69, 9.17) is 4.74 Å². The summed E-state index contributed by atoms with van der Waals surface area (Å²) >= 11 is 1.53. The Morgan fingerprint density at radius 2 is 1.78 bits per heavy atom. The molecule has 8 nitrogen and oxygen atoms in total. The van der Waals surface area contributed by atoms with E-state index < -0.39 is 35.6 Å². The number of hydrogen-bond acceptors (Lipinski definition) is 6. The van der Waals surface area contributed by atoms with Crippen LogP contribution in [0.5, 0.6) is 0 Å². The van der Waals surface area contributed by atoms with Gasteiger partial charge in [-0.3, -0.25) is 9.59 Å². The summed E-state index contributed by atoms with van der Waals surface area (Å²) in [4.78, 5) is 40.3. The monoisotopic (exact) mass is 462 g/mol. The quantitative estimate of drug-likeness (QED) is 0.516. The normalized spacial score (nSPS) is 12.9. The summed E-state index contributed by atoms with van der Waals surface area (Å²) in [6.45, 7) is 8.53. The first-order chi connectivity index (χ1) is 15.0. The van der Waals surface area contributed by atoms with Crippen LogP contribution in [-0.2, 0) is 14.3 Å². The molecule has 0 aliphatic heterocycles. The van der Waals surface area contributed by atoms with Gasteiger partial charge in [0.2, 0.25) is 11.8 Å². The molecule has 2 unspecified atom stereocenters. The highest BCUT2D eigenvalue weighted by Gasteiger charge is 2.36. The van der Waals surface area contributed by atoms with Gasteiger partial charge in [-0.05, 0) is 58.6 Å². The highest BCUT2D eigenvalue weighted by molar-refractivity contribution is 7.98. The van der Waals surface area contributed by atoms with Crippen LogP contribution in [0.15, 0.2) is 30.3 Å². The number of nitrogens with zero attached hydrogens (tertiary/aromatic N) is 2. The molecule has 0 saturated carbocycles. The molecule has 176 valence electrons. The van der Waals surface area contributed by atoms with Crippen molar-refractivity contribution in [2.24, 2.45) is 0 Å². The number of nitriles is 1. The van der Waals surface area contributed by atoms with Crippen LogP contribution in [0.4, 0.5) is 4.79 Å². The number of hydrogen-bond donors (Lipinski definition) is 2. The minimum atomic E-state index is -1.01. The predicted octanol–water partition coefficient (Wildman–Crippen LogP) is 3.25. The SMILES string of the molecule is CSCCC(NC(=O)OC(C)(C)C)C(=O)N(CC#N)C(C(=O)NC(C)C)c1ccccc1. The van der Waals surface area contributed by atoms with E-state index in [1.807, 2.05) is 32.2 Å². The van der Waals surface area contributed by atoms with E-state index in [0.29, 0.717) is 17.7 Å². The van der Waals surface area contributed by atoms with E-state index in [1.54, 1.807) is 45.0 Å². The molecule has 1 aromatic carbocycles. The smallest absolute Gasteiger partial charge is 0.408 e. The first-order valence-electron chi connectivity index (χ1n) is 10.5. The molecule has 32 heavy (non-hydrogen) atoms. The van der Waals surface area contributed by atoms with Gasteiger partial charge < -0.3 is 20.3 Å². The third kappa shape index (κ3) is 9.18. The van der Waals surface area contributed by atoms with Crippen LogP contribution in [0.3, 0.4) is 0 Å². The maximum absolute atomic E-state index is 13.6. The standard InChI is InChI=1S/C23H34N4O4S/c1-16(2)25-20(28)19(17-10-8-7-9-11-17)27(14-13-24)21(29)18(12-15-32-6)26-22(30)31-23(3,4)5/h7-11,16,18-19H,12,14-15H2,1-6H3,(H,25,28)(H,26,30). The molecule has 0 aliphatic rings. The van der Waals surface area contributed by atoms with E-state index in [0.717, 1.165) is 0 Å². The largest absolute Gasteiger partial charge is 0.444 e.